The number of hydrogen-bond donors (Lipinski definition) is 1. The second-order valence-corrected chi connectivity index (χ2v) is 5.59. The minimum absolute atomic E-state index is 0.395. The van der Waals surface area contributed by atoms with Gasteiger partial charge in [0.1, 0.15) is 0 Å². The summed E-state index contributed by atoms with van der Waals surface area (Å²) in [7, 11) is 1.73. The van der Waals surface area contributed by atoms with Crippen LogP contribution >= 0.6 is 0 Å². The van der Waals surface area contributed by atoms with Gasteiger partial charge in [0.25, 0.3) is 0 Å². The molecule has 1 saturated heterocycles. The summed E-state index contributed by atoms with van der Waals surface area (Å²) in [5, 5.41) is 3.48. The van der Waals surface area contributed by atoms with Crippen molar-refractivity contribution in [1.29, 1.82) is 0 Å². The molecule has 1 aromatic rings. The molecule has 1 aliphatic carbocycles. The molecule has 0 bridgehead atoms. The van der Waals surface area contributed by atoms with Gasteiger partial charge in [0.15, 0.2) is 11.5 Å². The first-order valence-electron chi connectivity index (χ1n) is 7.42. The van der Waals surface area contributed by atoms with Crippen LogP contribution in [-0.4, -0.2) is 26.3 Å². The van der Waals surface area contributed by atoms with Crippen molar-refractivity contribution in [2.24, 2.45) is 0 Å². The SMILES string of the molecule is COc1cccc(C2CCCNC2)c1OC1CCC1. The average molecular weight is 261 g/mol. The molecule has 1 saturated carbocycles. The molecule has 2 aliphatic rings. The predicted octanol–water partition coefficient (Wildman–Crippen LogP) is 3.09. The quantitative estimate of drug-likeness (QED) is 0.903. The summed E-state index contributed by atoms with van der Waals surface area (Å²) >= 11 is 0. The zero-order chi connectivity index (χ0) is 13.1. The first-order chi connectivity index (χ1) is 9.38. The second kappa shape index (κ2) is 5.83. The molecule has 1 unspecified atom stereocenters. The minimum Gasteiger partial charge on any atom is -0.493 e. The summed E-state index contributed by atoms with van der Waals surface area (Å²) in [5.41, 5.74) is 1.32. The molecule has 2 fully saturated rings. The van der Waals surface area contributed by atoms with Gasteiger partial charge in [-0.1, -0.05) is 12.1 Å². The molecule has 19 heavy (non-hydrogen) atoms. The van der Waals surface area contributed by atoms with Crippen LogP contribution in [-0.2, 0) is 0 Å². The van der Waals surface area contributed by atoms with Crippen LogP contribution in [0, 0.1) is 0 Å². The molecule has 3 nitrogen and oxygen atoms in total. The number of rotatable bonds is 4. The van der Waals surface area contributed by atoms with E-state index in [0.29, 0.717) is 12.0 Å². The van der Waals surface area contributed by atoms with Crippen LogP contribution in [0.4, 0.5) is 0 Å². The lowest BCUT2D eigenvalue weighted by Crippen LogP contribution is -2.30. The lowest BCUT2D eigenvalue weighted by molar-refractivity contribution is 0.114. The molecular formula is C16H23NO2. The monoisotopic (exact) mass is 261 g/mol. The molecule has 1 aromatic carbocycles. The van der Waals surface area contributed by atoms with Crippen molar-refractivity contribution in [2.45, 2.75) is 44.1 Å². The van der Waals surface area contributed by atoms with Crippen molar-refractivity contribution in [2.75, 3.05) is 20.2 Å². The third kappa shape index (κ3) is 2.71. The fraction of sp³-hybridized carbons (Fsp3) is 0.625. The van der Waals surface area contributed by atoms with E-state index in [1.807, 2.05) is 6.07 Å². The largest absolute Gasteiger partial charge is 0.493 e. The van der Waals surface area contributed by atoms with Gasteiger partial charge < -0.3 is 14.8 Å². The highest BCUT2D eigenvalue weighted by atomic mass is 16.5. The van der Waals surface area contributed by atoms with E-state index >= 15 is 0 Å². The van der Waals surface area contributed by atoms with Gasteiger partial charge >= 0.3 is 0 Å². The maximum absolute atomic E-state index is 6.20. The zero-order valence-electron chi connectivity index (χ0n) is 11.7. The summed E-state index contributed by atoms with van der Waals surface area (Å²) in [6.45, 7) is 2.19. The smallest absolute Gasteiger partial charge is 0.165 e. The summed E-state index contributed by atoms with van der Waals surface area (Å²) in [6, 6.07) is 6.29. The van der Waals surface area contributed by atoms with Gasteiger partial charge in [0.05, 0.1) is 13.2 Å². The van der Waals surface area contributed by atoms with E-state index in [2.05, 4.69) is 17.4 Å². The Morgan fingerprint density at radius 3 is 2.68 bits per heavy atom. The third-order valence-corrected chi connectivity index (χ3v) is 4.30. The van der Waals surface area contributed by atoms with E-state index in [0.717, 1.165) is 24.6 Å². The Hall–Kier alpha value is -1.22. The molecule has 3 rings (SSSR count). The molecule has 0 spiro atoms. The Labute approximate surface area is 115 Å². The lowest BCUT2D eigenvalue weighted by Gasteiger charge is -2.31. The van der Waals surface area contributed by atoms with Crippen molar-refractivity contribution in [3.05, 3.63) is 23.8 Å². The first-order valence-corrected chi connectivity index (χ1v) is 7.42. The summed E-state index contributed by atoms with van der Waals surface area (Å²) in [5.74, 6) is 2.43. The Bertz CT molecular complexity index is 423. The fourth-order valence-electron chi connectivity index (χ4n) is 2.91. The van der Waals surface area contributed by atoms with Crippen LogP contribution in [0.2, 0.25) is 0 Å². The highest BCUT2D eigenvalue weighted by molar-refractivity contribution is 5.48. The molecule has 1 atom stereocenters. The normalized spacial score (nSPS) is 23.7. The van der Waals surface area contributed by atoms with Gasteiger partial charge in [-0.2, -0.15) is 0 Å². The maximum atomic E-state index is 6.20. The number of hydrogen-bond acceptors (Lipinski definition) is 3. The van der Waals surface area contributed by atoms with Gasteiger partial charge in [0.2, 0.25) is 0 Å². The summed E-state index contributed by atoms with van der Waals surface area (Å²) in [6.07, 6.45) is 6.53. The van der Waals surface area contributed by atoms with Crippen molar-refractivity contribution in [1.82, 2.24) is 5.32 Å². The number of benzene rings is 1. The highest BCUT2D eigenvalue weighted by Crippen LogP contribution is 2.40. The van der Waals surface area contributed by atoms with Crippen LogP contribution in [0.25, 0.3) is 0 Å². The number of methoxy groups -OCH3 is 1. The standard InChI is InChI=1S/C16H23NO2/c1-18-15-9-3-8-14(12-5-4-10-17-11-12)16(15)19-13-6-2-7-13/h3,8-9,12-13,17H,2,4-7,10-11H2,1H3. The molecule has 3 heteroatoms. The predicted molar refractivity (Wildman–Crippen MR) is 76.1 cm³/mol. The van der Waals surface area contributed by atoms with Crippen molar-refractivity contribution in [3.8, 4) is 11.5 Å². The zero-order valence-corrected chi connectivity index (χ0v) is 11.7. The van der Waals surface area contributed by atoms with E-state index in [4.69, 9.17) is 9.47 Å². The van der Waals surface area contributed by atoms with Gasteiger partial charge in [-0.3, -0.25) is 0 Å². The van der Waals surface area contributed by atoms with E-state index in [1.165, 1.54) is 37.7 Å². The van der Waals surface area contributed by atoms with E-state index in [-0.39, 0.29) is 0 Å². The Balaban J connectivity index is 1.87. The molecule has 104 valence electrons. The topological polar surface area (TPSA) is 30.5 Å². The number of piperidine rings is 1. The van der Waals surface area contributed by atoms with Crippen LogP contribution in [0.3, 0.4) is 0 Å². The molecule has 1 heterocycles. The van der Waals surface area contributed by atoms with Crippen molar-refractivity contribution < 1.29 is 9.47 Å². The number of nitrogens with one attached hydrogen (secondary N) is 1. The minimum atomic E-state index is 0.395. The summed E-state index contributed by atoms with van der Waals surface area (Å²) in [4.78, 5) is 0. The van der Waals surface area contributed by atoms with Gasteiger partial charge in [-0.05, 0) is 44.7 Å². The molecule has 0 amide bonds. The van der Waals surface area contributed by atoms with Gasteiger partial charge in [-0.25, -0.2) is 0 Å². The Morgan fingerprint density at radius 1 is 1.16 bits per heavy atom. The molecular weight excluding hydrogens is 238 g/mol. The fourth-order valence-corrected chi connectivity index (χ4v) is 2.91. The van der Waals surface area contributed by atoms with E-state index in [9.17, 15) is 0 Å². The molecule has 0 aromatic heterocycles. The molecule has 0 radical (unpaired) electrons. The van der Waals surface area contributed by atoms with Crippen LogP contribution in [0.15, 0.2) is 18.2 Å². The first kappa shape index (κ1) is 12.8. The van der Waals surface area contributed by atoms with Gasteiger partial charge in [-0.15, -0.1) is 0 Å². The lowest BCUT2D eigenvalue weighted by atomic mass is 9.90. The molecule has 1 aliphatic heterocycles. The van der Waals surface area contributed by atoms with Crippen LogP contribution in [0.5, 0.6) is 11.5 Å². The third-order valence-electron chi connectivity index (χ3n) is 4.30. The summed E-state index contributed by atoms with van der Waals surface area (Å²) < 4.78 is 11.7. The average Bonchev–Trinajstić information content (AvgIpc) is 2.43. The maximum Gasteiger partial charge on any atom is 0.165 e. The van der Waals surface area contributed by atoms with E-state index < -0.39 is 0 Å². The van der Waals surface area contributed by atoms with Crippen LogP contribution in [0.1, 0.15) is 43.6 Å². The van der Waals surface area contributed by atoms with E-state index in [1.54, 1.807) is 7.11 Å². The Kier molecular flexibility index (Phi) is 3.92. The van der Waals surface area contributed by atoms with Crippen molar-refractivity contribution in [3.63, 3.8) is 0 Å². The second-order valence-electron chi connectivity index (χ2n) is 5.59. The van der Waals surface area contributed by atoms with Gasteiger partial charge in [0, 0.05) is 18.0 Å². The van der Waals surface area contributed by atoms with Crippen molar-refractivity contribution >= 4 is 0 Å². The Morgan fingerprint density at radius 2 is 2.05 bits per heavy atom. The highest BCUT2D eigenvalue weighted by Gasteiger charge is 2.26. The number of para-hydroxylation sites is 1. The van der Waals surface area contributed by atoms with Crippen LogP contribution < -0.4 is 14.8 Å². The molecule has 1 N–H and O–H groups in total. The number of ether oxygens (including phenoxy) is 2.